The Bertz CT molecular complexity index is 601. The van der Waals surface area contributed by atoms with Crippen molar-refractivity contribution >= 4 is 27.5 Å². The molecule has 2 aromatic carbocycles. The second-order valence-electron chi connectivity index (χ2n) is 3.60. The summed E-state index contributed by atoms with van der Waals surface area (Å²) in [6, 6.07) is 10.4. The summed E-state index contributed by atoms with van der Waals surface area (Å²) in [5.41, 5.74) is 0.429. The Morgan fingerprint density at radius 2 is 1.94 bits per heavy atom. The lowest BCUT2D eigenvalue weighted by atomic mass is 10.2. The Balaban J connectivity index is 2.24. The second-order valence-corrected chi connectivity index (χ2v) is 4.45. The van der Waals surface area contributed by atoms with Crippen LogP contribution in [0.4, 0.5) is 10.1 Å². The molecule has 0 fully saturated rings. The first-order chi connectivity index (χ1) is 8.58. The van der Waals surface area contributed by atoms with Gasteiger partial charge in [-0.3, -0.25) is 4.79 Å². The number of aromatic hydroxyl groups is 1. The summed E-state index contributed by atoms with van der Waals surface area (Å²) < 4.78 is 14.1. The molecule has 92 valence electrons. The summed E-state index contributed by atoms with van der Waals surface area (Å²) in [6.07, 6.45) is 0. The fraction of sp³-hybridized carbons (Fsp3) is 0. The van der Waals surface area contributed by atoms with Gasteiger partial charge in [0.2, 0.25) is 0 Å². The third-order valence-electron chi connectivity index (χ3n) is 2.32. The number of phenols is 1. The van der Waals surface area contributed by atoms with Gasteiger partial charge < -0.3 is 10.4 Å². The van der Waals surface area contributed by atoms with Gasteiger partial charge in [-0.15, -0.1) is 0 Å². The molecule has 0 atom stereocenters. The van der Waals surface area contributed by atoms with Crippen LogP contribution in [0.15, 0.2) is 46.9 Å². The predicted octanol–water partition coefficient (Wildman–Crippen LogP) is 3.55. The van der Waals surface area contributed by atoms with Crippen molar-refractivity contribution in [1.82, 2.24) is 0 Å². The molecule has 2 aromatic rings. The van der Waals surface area contributed by atoms with Crippen LogP contribution in [0.25, 0.3) is 0 Å². The molecule has 0 aliphatic carbocycles. The van der Waals surface area contributed by atoms with Gasteiger partial charge >= 0.3 is 0 Å². The summed E-state index contributed by atoms with van der Waals surface area (Å²) in [5.74, 6) is -1.30. The molecule has 0 saturated carbocycles. The van der Waals surface area contributed by atoms with Crippen molar-refractivity contribution in [2.75, 3.05) is 5.32 Å². The zero-order valence-corrected chi connectivity index (χ0v) is 10.7. The molecule has 0 unspecified atom stereocenters. The first kappa shape index (κ1) is 12.6. The van der Waals surface area contributed by atoms with Crippen molar-refractivity contribution < 1.29 is 14.3 Å². The molecule has 0 aromatic heterocycles. The van der Waals surface area contributed by atoms with Crippen LogP contribution in [0.5, 0.6) is 5.75 Å². The maximum Gasteiger partial charge on any atom is 0.256 e. The first-order valence-electron chi connectivity index (χ1n) is 5.12. The van der Waals surface area contributed by atoms with Crippen molar-refractivity contribution in [2.24, 2.45) is 0 Å². The summed E-state index contributed by atoms with van der Waals surface area (Å²) in [7, 11) is 0. The maximum absolute atomic E-state index is 13.4. The average Bonchev–Trinajstić information content (AvgIpc) is 2.33. The van der Waals surface area contributed by atoms with Crippen LogP contribution < -0.4 is 5.32 Å². The van der Waals surface area contributed by atoms with Crippen LogP contribution >= 0.6 is 15.9 Å². The van der Waals surface area contributed by atoms with E-state index in [1.165, 1.54) is 12.1 Å². The number of benzene rings is 2. The summed E-state index contributed by atoms with van der Waals surface area (Å²) >= 11 is 3.25. The lowest BCUT2D eigenvalue weighted by Gasteiger charge is -2.07. The normalized spacial score (nSPS) is 10.1. The van der Waals surface area contributed by atoms with E-state index >= 15 is 0 Å². The van der Waals surface area contributed by atoms with Gasteiger partial charge in [-0.1, -0.05) is 12.1 Å². The minimum atomic E-state index is -0.685. The van der Waals surface area contributed by atoms with E-state index in [1.807, 2.05) is 0 Å². The quantitative estimate of drug-likeness (QED) is 0.834. The van der Waals surface area contributed by atoms with Crippen LogP contribution in [0, 0.1) is 5.82 Å². The van der Waals surface area contributed by atoms with Crippen molar-refractivity contribution in [3.05, 3.63) is 58.3 Å². The van der Waals surface area contributed by atoms with Gasteiger partial charge in [0.15, 0.2) is 0 Å². The van der Waals surface area contributed by atoms with Gasteiger partial charge in [0, 0.05) is 10.5 Å². The van der Waals surface area contributed by atoms with E-state index in [4.69, 9.17) is 5.11 Å². The summed E-state index contributed by atoms with van der Waals surface area (Å²) in [4.78, 5) is 11.9. The van der Waals surface area contributed by atoms with Crippen LogP contribution in [0.3, 0.4) is 0 Å². The first-order valence-corrected chi connectivity index (χ1v) is 5.91. The molecule has 0 aliphatic heterocycles. The van der Waals surface area contributed by atoms with Gasteiger partial charge in [0.05, 0.1) is 11.3 Å². The Morgan fingerprint density at radius 1 is 1.22 bits per heavy atom. The highest BCUT2D eigenvalue weighted by molar-refractivity contribution is 9.10. The maximum atomic E-state index is 13.4. The number of carbonyl (C=O) groups is 1. The van der Waals surface area contributed by atoms with E-state index in [0.29, 0.717) is 10.0 Å². The number of anilines is 1. The zero-order chi connectivity index (χ0) is 13.1. The molecule has 0 bridgehead atoms. The number of carbonyl (C=O) groups excluding carboxylic acids is 1. The molecule has 3 nitrogen and oxygen atoms in total. The molecular weight excluding hydrogens is 301 g/mol. The molecule has 0 radical (unpaired) electrons. The monoisotopic (exact) mass is 309 g/mol. The number of phenolic OH excluding ortho intramolecular Hbond substituents is 1. The van der Waals surface area contributed by atoms with Crippen molar-refractivity contribution in [2.45, 2.75) is 0 Å². The third kappa shape index (κ3) is 2.68. The molecule has 5 heteroatoms. The zero-order valence-electron chi connectivity index (χ0n) is 9.15. The van der Waals surface area contributed by atoms with Gasteiger partial charge in [0.1, 0.15) is 11.6 Å². The largest absolute Gasteiger partial charge is 0.508 e. The molecule has 1 amide bonds. The van der Waals surface area contributed by atoms with E-state index < -0.39 is 11.7 Å². The number of amides is 1. The standard InChI is InChI=1S/C13H9BrFNO2/c14-10-4-2-1-3-9(10)13(18)16-12-6-5-8(17)7-11(12)15/h1-7,17H,(H,16,18). The molecule has 0 saturated heterocycles. The molecule has 0 aliphatic rings. The Morgan fingerprint density at radius 3 is 2.61 bits per heavy atom. The van der Waals surface area contributed by atoms with E-state index in [2.05, 4.69) is 21.2 Å². The SMILES string of the molecule is O=C(Nc1ccc(O)cc1F)c1ccccc1Br. The Hall–Kier alpha value is -1.88. The fourth-order valence-corrected chi connectivity index (χ4v) is 1.91. The molecule has 0 heterocycles. The van der Waals surface area contributed by atoms with E-state index in [9.17, 15) is 9.18 Å². The van der Waals surface area contributed by atoms with Crippen LogP contribution in [-0.2, 0) is 0 Å². The number of hydrogen-bond donors (Lipinski definition) is 2. The van der Waals surface area contributed by atoms with Crippen LogP contribution in [0.1, 0.15) is 10.4 Å². The van der Waals surface area contributed by atoms with E-state index in [-0.39, 0.29) is 11.4 Å². The molecule has 2 rings (SSSR count). The molecule has 18 heavy (non-hydrogen) atoms. The second kappa shape index (κ2) is 5.18. The predicted molar refractivity (Wildman–Crippen MR) is 70.2 cm³/mol. The minimum Gasteiger partial charge on any atom is -0.508 e. The molecule has 0 spiro atoms. The smallest absolute Gasteiger partial charge is 0.256 e. The van der Waals surface area contributed by atoms with Crippen molar-refractivity contribution in [1.29, 1.82) is 0 Å². The highest BCUT2D eigenvalue weighted by atomic mass is 79.9. The van der Waals surface area contributed by atoms with Gasteiger partial charge in [-0.25, -0.2) is 4.39 Å². The summed E-state index contributed by atoms with van der Waals surface area (Å²) in [6.45, 7) is 0. The molecule has 2 N–H and O–H groups in total. The highest BCUT2D eigenvalue weighted by Gasteiger charge is 2.12. The Labute approximate surface area is 111 Å². The fourth-order valence-electron chi connectivity index (χ4n) is 1.44. The third-order valence-corrected chi connectivity index (χ3v) is 3.01. The number of hydrogen-bond acceptors (Lipinski definition) is 2. The lowest BCUT2D eigenvalue weighted by Crippen LogP contribution is -2.13. The van der Waals surface area contributed by atoms with Crippen LogP contribution in [0.2, 0.25) is 0 Å². The van der Waals surface area contributed by atoms with E-state index in [0.717, 1.165) is 6.07 Å². The van der Waals surface area contributed by atoms with Crippen molar-refractivity contribution in [3.8, 4) is 5.75 Å². The minimum absolute atomic E-state index is 0.0218. The van der Waals surface area contributed by atoms with Crippen molar-refractivity contribution in [3.63, 3.8) is 0 Å². The summed E-state index contributed by atoms with van der Waals surface area (Å²) in [5, 5.41) is 11.5. The average molecular weight is 310 g/mol. The molecular formula is C13H9BrFNO2. The van der Waals surface area contributed by atoms with Gasteiger partial charge in [-0.2, -0.15) is 0 Å². The number of halogens is 2. The lowest BCUT2D eigenvalue weighted by molar-refractivity contribution is 0.102. The number of nitrogens with one attached hydrogen (secondary N) is 1. The highest BCUT2D eigenvalue weighted by Crippen LogP contribution is 2.22. The van der Waals surface area contributed by atoms with Gasteiger partial charge in [0.25, 0.3) is 5.91 Å². The topological polar surface area (TPSA) is 49.3 Å². The number of rotatable bonds is 2. The van der Waals surface area contributed by atoms with E-state index in [1.54, 1.807) is 24.3 Å². The van der Waals surface area contributed by atoms with Crippen LogP contribution in [-0.4, -0.2) is 11.0 Å². The van der Waals surface area contributed by atoms with Gasteiger partial charge in [-0.05, 0) is 40.2 Å². The Kier molecular flexibility index (Phi) is 3.62.